The van der Waals surface area contributed by atoms with Crippen LogP contribution in [-0.2, 0) is 5.41 Å². The molecule has 2 aliphatic heterocycles. The summed E-state index contributed by atoms with van der Waals surface area (Å²) in [7, 11) is 2.13. The van der Waals surface area contributed by atoms with Gasteiger partial charge in [0.15, 0.2) is 5.71 Å². The van der Waals surface area contributed by atoms with E-state index in [0.29, 0.717) is 0 Å². The van der Waals surface area contributed by atoms with Gasteiger partial charge < -0.3 is 5.43 Å². The number of fused-ring (bicyclic) bond motifs is 1. The Morgan fingerprint density at radius 3 is 2.83 bits per heavy atom. The molecule has 0 radical (unpaired) electrons. The Labute approximate surface area is 139 Å². The molecule has 4 heteroatoms. The number of amidine groups is 1. The Morgan fingerprint density at radius 1 is 1.17 bits per heavy atom. The van der Waals surface area contributed by atoms with Gasteiger partial charge in [-0.2, -0.15) is 4.58 Å². The maximum atomic E-state index is 4.56. The van der Waals surface area contributed by atoms with Crippen molar-refractivity contribution < 1.29 is 4.58 Å². The van der Waals surface area contributed by atoms with Crippen LogP contribution in [0.4, 0.5) is 5.69 Å². The molecule has 2 heterocycles. The van der Waals surface area contributed by atoms with Crippen molar-refractivity contribution in [2.24, 2.45) is 4.99 Å². The molecule has 0 saturated carbocycles. The third kappa shape index (κ3) is 3.16. The molecule has 0 unspecified atom stereocenters. The highest BCUT2D eigenvalue weighted by Gasteiger charge is 2.42. The Balaban J connectivity index is 1.68. The first-order valence-electron chi connectivity index (χ1n) is 8.53. The van der Waals surface area contributed by atoms with Crippen LogP contribution >= 0.6 is 0 Å². The first-order valence-corrected chi connectivity index (χ1v) is 8.53. The summed E-state index contributed by atoms with van der Waals surface area (Å²) in [4.78, 5) is 4.56. The number of hydrogen-bond acceptors (Lipinski definition) is 3. The van der Waals surface area contributed by atoms with E-state index < -0.39 is 0 Å². The highest BCUT2D eigenvalue weighted by molar-refractivity contribution is 6.02. The van der Waals surface area contributed by atoms with Crippen LogP contribution in [0, 0.1) is 0 Å². The highest BCUT2D eigenvalue weighted by Crippen LogP contribution is 2.38. The largest absolute Gasteiger partial charge is 0.307 e. The number of nitrogens with one attached hydrogen (secondary N) is 2. The predicted molar refractivity (Wildman–Crippen MR) is 96.5 cm³/mol. The van der Waals surface area contributed by atoms with E-state index in [2.05, 4.69) is 71.7 Å². The minimum absolute atomic E-state index is 0.0172. The molecule has 3 rings (SSSR count). The zero-order valence-corrected chi connectivity index (χ0v) is 14.4. The zero-order valence-electron chi connectivity index (χ0n) is 14.4. The van der Waals surface area contributed by atoms with Gasteiger partial charge >= 0.3 is 0 Å². The summed E-state index contributed by atoms with van der Waals surface area (Å²) < 4.78 is 2.27. The lowest BCUT2D eigenvalue weighted by molar-refractivity contribution is -0.401. The van der Waals surface area contributed by atoms with Crippen LogP contribution in [0.5, 0.6) is 0 Å². The SMILES string of the molecule is C[N+]1=C(C=CNNC2=NCCCCC2)C(C)(C)c2ccccc21. The van der Waals surface area contributed by atoms with Gasteiger partial charge in [-0.15, -0.1) is 0 Å². The van der Waals surface area contributed by atoms with Crippen LogP contribution in [-0.4, -0.2) is 29.7 Å². The number of nitrogens with zero attached hydrogens (tertiary/aromatic N) is 2. The molecule has 0 amide bonds. The monoisotopic (exact) mass is 311 g/mol. The van der Waals surface area contributed by atoms with E-state index in [1.54, 1.807) is 0 Å². The molecule has 0 fully saturated rings. The van der Waals surface area contributed by atoms with Crippen molar-refractivity contribution in [2.75, 3.05) is 13.6 Å². The fourth-order valence-corrected chi connectivity index (χ4v) is 3.52. The van der Waals surface area contributed by atoms with E-state index in [9.17, 15) is 0 Å². The highest BCUT2D eigenvalue weighted by atomic mass is 15.4. The third-order valence-corrected chi connectivity index (χ3v) is 4.86. The van der Waals surface area contributed by atoms with E-state index in [4.69, 9.17) is 0 Å². The first kappa shape index (κ1) is 15.8. The fourth-order valence-electron chi connectivity index (χ4n) is 3.52. The quantitative estimate of drug-likeness (QED) is 0.664. The minimum Gasteiger partial charge on any atom is -0.307 e. The molecule has 0 spiro atoms. The molecule has 2 aliphatic rings. The van der Waals surface area contributed by atoms with Crippen molar-refractivity contribution in [1.29, 1.82) is 0 Å². The van der Waals surface area contributed by atoms with Crippen LogP contribution < -0.4 is 10.9 Å². The lowest BCUT2D eigenvalue weighted by Gasteiger charge is -2.15. The van der Waals surface area contributed by atoms with Gasteiger partial charge in [-0.1, -0.05) is 24.6 Å². The van der Waals surface area contributed by atoms with Crippen molar-refractivity contribution in [2.45, 2.75) is 44.9 Å². The summed E-state index contributed by atoms with van der Waals surface area (Å²) in [5.74, 6) is 1.07. The summed E-state index contributed by atoms with van der Waals surface area (Å²) in [5.41, 5.74) is 10.4. The molecular weight excluding hydrogens is 284 g/mol. The second kappa shape index (κ2) is 6.57. The Bertz CT molecular complexity index is 668. The predicted octanol–water partition coefficient (Wildman–Crippen LogP) is 3.27. The lowest BCUT2D eigenvalue weighted by Crippen LogP contribution is -2.34. The topological polar surface area (TPSA) is 39.4 Å². The van der Waals surface area contributed by atoms with E-state index in [1.807, 2.05) is 6.20 Å². The summed E-state index contributed by atoms with van der Waals surface area (Å²) in [5, 5.41) is 0. The van der Waals surface area contributed by atoms with Gasteiger partial charge in [0.1, 0.15) is 12.9 Å². The number of rotatable bonds is 3. The van der Waals surface area contributed by atoms with E-state index >= 15 is 0 Å². The van der Waals surface area contributed by atoms with Crippen molar-refractivity contribution >= 4 is 17.2 Å². The third-order valence-electron chi connectivity index (χ3n) is 4.86. The maximum Gasteiger partial charge on any atom is 0.209 e. The van der Waals surface area contributed by atoms with Crippen molar-refractivity contribution in [3.05, 3.63) is 42.1 Å². The number of para-hydroxylation sites is 1. The zero-order chi connectivity index (χ0) is 16.3. The number of aliphatic imine (C=N–C) groups is 1. The van der Waals surface area contributed by atoms with Crippen LogP contribution in [0.1, 0.15) is 45.1 Å². The molecule has 0 aliphatic carbocycles. The number of hydrogen-bond donors (Lipinski definition) is 2. The van der Waals surface area contributed by atoms with Crippen molar-refractivity contribution in [3.8, 4) is 0 Å². The summed E-state index contributed by atoms with van der Waals surface area (Å²) in [6.07, 6.45) is 8.88. The molecule has 0 saturated heterocycles. The molecule has 2 N–H and O–H groups in total. The number of hydrazine groups is 1. The van der Waals surface area contributed by atoms with Gasteiger partial charge in [0, 0.05) is 36.9 Å². The number of benzene rings is 1. The molecule has 1 aromatic rings. The maximum absolute atomic E-state index is 4.56. The molecule has 23 heavy (non-hydrogen) atoms. The molecular formula is C19H27N4+. The summed E-state index contributed by atoms with van der Waals surface area (Å²) in [6.45, 7) is 5.49. The molecule has 4 nitrogen and oxygen atoms in total. The van der Waals surface area contributed by atoms with Gasteiger partial charge in [0.25, 0.3) is 0 Å². The molecule has 0 atom stereocenters. The normalized spacial score (nSPS) is 20.2. The number of allylic oxidation sites excluding steroid dienone is 1. The van der Waals surface area contributed by atoms with Crippen molar-refractivity contribution in [1.82, 2.24) is 10.9 Å². The summed E-state index contributed by atoms with van der Waals surface area (Å²) >= 11 is 0. The Kier molecular flexibility index (Phi) is 4.51. The Morgan fingerprint density at radius 2 is 2.00 bits per heavy atom. The average Bonchev–Trinajstić information content (AvgIpc) is 2.74. The average molecular weight is 311 g/mol. The molecule has 122 valence electrons. The second-order valence-electron chi connectivity index (χ2n) is 6.83. The van der Waals surface area contributed by atoms with Crippen molar-refractivity contribution in [3.63, 3.8) is 0 Å². The van der Waals surface area contributed by atoms with Gasteiger partial charge in [-0.05, 0) is 26.7 Å². The first-order chi connectivity index (χ1) is 11.1. The van der Waals surface area contributed by atoms with Crippen LogP contribution in [0.25, 0.3) is 0 Å². The van der Waals surface area contributed by atoms with Gasteiger partial charge in [-0.25, -0.2) is 0 Å². The van der Waals surface area contributed by atoms with E-state index in [0.717, 1.165) is 18.8 Å². The molecule has 0 aromatic heterocycles. The van der Waals surface area contributed by atoms with Gasteiger partial charge in [0.05, 0.1) is 5.41 Å². The van der Waals surface area contributed by atoms with Crippen LogP contribution in [0.2, 0.25) is 0 Å². The fraction of sp³-hybridized carbons (Fsp3) is 0.474. The Hall–Kier alpha value is -2.10. The van der Waals surface area contributed by atoms with E-state index in [-0.39, 0.29) is 5.41 Å². The van der Waals surface area contributed by atoms with Crippen LogP contribution in [0.15, 0.2) is 41.5 Å². The van der Waals surface area contributed by atoms with Crippen LogP contribution in [0.3, 0.4) is 0 Å². The molecule has 1 aromatic carbocycles. The van der Waals surface area contributed by atoms with Gasteiger partial charge in [-0.3, -0.25) is 10.4 Å². The minimum atomic E-state index is 0.0172. The standard InChI is InChI=1S/C19H26N4/c1-19(2)15-9-6-7-10-16(15)23(3)17(19)12-14-21-22-18-11-5-4-8-13-20-18/h6-7,9-10,12,14H,4-5,8,11,13H2,1-3H3,(H,20,22)/p+1. The molecule has 0 bridgehead atoms. The van der Waals surface area contributed by atoms with Gasteiger partial charge in [0.2, 0.25) is 5.69 Å². The second-order valence-corrected chi connectivity index (χ2v) is 6.83. The smallest absolute Gasteiger partial charge is 0.209 e. The summed E-state index contributed by atoms with van der Waals surface area (Å²) in [6, 6.07) is 8.62. The van der Waals surface area contributed by atoms with E-state index in [1.165, 1.54) is 36.2 Å². The lowest BCUT2D eigenvalue weighted by atomic mass is 9.81.